The number of Topliss-reactive ketones (excluding diaryl/α,β-unsaturated/α-hetero) is 2. The van der Waals surface area contributed by atoms with Crippen molar-refractivity contribution < 1.29 is 18.8 Å². The Kier molecular flexibility index (Phi) is 5.99. The first-order valence-electron chi connectivity index (χ1n) is 13.1. The number of ketones is 2. The first-order chi connectivity index (χ1) is 19.8. The number of halogens is 3. The van der Waals surface area contributed by atoms with Gasteiger partial charge in [-0.05, 0) is 71.8 Å². The van der Waals surface area contributed by atoms with Gasteiger partial charge in [0.2, 0.25) is 5.91 Å². The Morgan fingerprint density at radius 2 is 1.59 bits per heavy atom. The molecule has 41 heavy (non-hydrogen) atoms. The van der Waals surface area contributed by atoms with Gasteiger partial charge in [-0.15, -0.1) is 0 Å². The van der Waals surface area contributed by atoms with Crippen LogP contribution in [0.3, 0.4) is 0 Å². The molecule has 202 valence electrons. The van der Waals surface area contributed by atoms with Gasteiger partial charge in [-0.25, -0.2) is 4.39 Å². The van der Waals surface area contributed by atoms with Gasteiger partial charge in [0.05, 0.1) is 12.0 Å². The Hall–Kier alpha value is -4.07. The fraction of sp³-hybridized carbons (Fsp3) is 0.121. The molecule has 0 radical (unpaired) electrons. The second-order valence-electron chi connectivity index (χ2n) is 10.4. The first kappa shape index (κ1) is 25.9. The van der Waals surface area contributed by atoms with E-state index < -0.39 is 35.0 Å². The van der Waals surface area contributed by atoms with Crippen molar-refractivity contribution in [2.45, 2.75) is 17.5 Å². The van der Waals surface area contributed by atoms with Gasteiger partial charge in [0, 0.05) is 32.0 Å². The normalized spacial score (nSPS) is 23.6. The lowest BCUT2D eigenvalue weighted by molar-refractivity contribution is -0.121. The van der Waals surface area contributed by atoms with Gasteiger partial charge in [-0.1, -0.05) is 70.0 Å². The lowest BCUT2D eigenvalue weighted by Crippen LogP contribution is -2.51. The molecule has 1 fully saturated rings. The number of amides is 1. The molecule has 4 aromatic carbocycles. The maximum Gasteiger partial charge on any atom is 0.238 e. The third-order valence-corrected chi connectivity index (χ3v) is 9.17. The van der Waals surface area contributed by atoms with Crippen LogP contribution in [0.4, 0.5) is 15.8 Å². The van der Waals surface area contributed by atoms with E-state index in [-0.39, 0.29) is 17.3 Å². The largest absolute Gasteiger partial charge is 0.352 e. The summed E-state index contributed by atoms with van der Waals surface area (Å²) < 4.78 is 14.7. The highest BCUT2D eigenvalue weighted by Crippen LogP contribution is 2.58. The van der Waals surface area contributed by atoms with E-state index in [2.05, 4.69) is 21.2 Å². The van der Waals surface area contributed by atoms with Crippen LogP contribution in [0.25, 0.3) is 6.08 Å². The Bertz CT molecular complexity index is 1790. The Labute approximate surface area is 248 Å². The minimum absolute atomic E-state index is 0.224. The summed E-state index contributed by atoms with van der Waals surface area (Å²) in [7, 11) is 0. The minimum atomic E-state index is -1.44. The maximum absolute atomic E-state index is 14.7. The number of anilines is 2. The van der Waals surface area contributed by atoms with Gasteiger partial charge in [0.25, 0.3) is 0 Å². The topological polar surface area (TPSA) is 66.5 Å². The van der Waals surface area contributed by atoms with Crippen LogP contribution < -0.4 is 10.2 Å². The molecule has 1 saturated heterocycles. The molecular formula is C33H21BrClFN2O3. The van der Waals surface area contributed by atoms with Gasteiger partial charge < -0.3 is 10.2 Å². The van der Waals surface area contributed by atoms with E-state index in [0.717, 1.165) is 10.0 Å². The molecule has 1 amide bonds. The standard InChI is InChI=1S/C33H21BrClFN2O3/c34-21-10-5-19(6-11-21)31(40)29-28(30(39)18-7-13-23(36)14-8-18)33(24-3-1-2-4-25(24)37-32(33)41)27-16-9-20-17-22(35)12-15-26(20)38(27)29/h1-17,27-29H,(H,37,41)/t27-,28+,29-,33-/m1/s1. The molecule has 0 saturated carbocycles. The number of carbonyl (C=O) groups is 3. The molecule has 3 heterocycles. The summed E-state index contributed by atoms with van der Waals surface area (Å²) in [6, 6.07) is 23.1. The Balaban J connectivity index is 1.53. The molecule has 4 atom stereocenters. The van der Waals surface area contributed by atoms with E-state index in [1.54, 1.807) is 42.5 Å². The van der Waals surface area contributed by atoms with Crippen LogP contribution in [0.1, 0.15) is 31.8 Å². The molecule has 3 aliphatic rings. The molecule has 0 unspecified atom stereocenters. The molecule has 3 aliphatic heterocycles. The van der Waals surface area contributed by atoms with Crippen LogP contribution in [-0.2, 0) is 10.2 Å². The first-order valence-corrected chi connectivity index (χ1v) is 14.2. The molecule has 0 aromatic heterocycles. The number of nitrogens with one attached hydrogen (secondary N) is 1. The number of carbonyl (C=O) groups excluding carboxylic acids is 3. The summed E-state index contributed by atoms with van der Waals surface area (Å²) >= 11 is 9.77. The van der Waals surface area contributed by atoms with Crippen molar-refractivity contribution in [3.8, 4) is 0 Å². The molecule has 1 N–H and O–H groups in total. The van der Waals surface area contributed by atoms with Crippen LogP contribution in [0, 0.1) is 11.7 Å². The van der Waals surface area contributed by atoms with Gasteiger partial charge in [-0.3, -0.25) is 14.4 Å². The zero-order valence-electron chi connectivity index (χ0n) is 21.4. The predicted molar refractivity (Wildman–Crippen MR) is 160 cm³/mol. The molecule has 1 spiro atoms. The van der Waals surface area contributed by atoms with Crippen LogP contribution >= 0.6 is 27.5 Å². The minimum Gasteiger partial charge on any atom is -0.352 e. The van der Waals surface area contributed by atoms with Crippen molar-refractivity contribution >= 4 is 62.5 Å². The monoisotopic (exact) mass is 626 g/mol. The van der Waals surface area contributed by atoms with E-state index >= 15 is 0 Å². The van der Waals surface area contributed by atoms with Crippen LogP contribution in [0.5, 0.6) is 0 Å². The predicted octanol–water partition coefficient (Wildman–Crippen LogP) is 7.10. The number of hydrogen-bond acceptors (Lipinski definition) is 4. The third kappa shape index (κ3) is 3.76. The zero-order valence-corrected chi connectivity index (χ0v) is 23.7. The fourth-order valence-corrected chi connectivity index (χ4v) is 7.17. The van der Waals surface area contributed by atoms with Crippen molar-refractivity contribution in [3.63, 3.8) is 0 Å². The van der Waals surface area contributed by atoms with Crippen LogP contribution in [0.15, 0.2) is 102 Å². The average Bonchev–Trinajstić information content (AvgIpc) is 3.45. The SMILES string of the molecule is O=C(c1ccc(F)cc1)[C@@H]1[C@H](C(=O)c2ccc(Br)cc2)N2c3ccc(Cl)cc3C=C[C@@H]2[C@@]12C(=O)Nc1ccccc12. The van der Waals surface area contributed by atoms with Crippen LogP contribution in [0.2, 0.25) is 5.02 Å². The lowest BCUT2D eigenvalue weighted by atomic mass is 9.64. The summed E-state index contributed by atoms with van der Waals surface area (Å²) in [5.74, 6) is -2.69. The van der Waals surface area contributed by atoms with E-state index in [0.29, 0.717) is 27.5 Å². The lowest BCUT2D eigenvalue weighted by Gasteiger charge is -2.37. The summed E-state index contributed by atoms with van der Waals surface area (Å²) in [5.41, 5.74) is 1.91. The summed E-state index contributed by atoms with van der Waals surface area (Å²) in [5, 5.41) is 3.53. The summed E-state index contributed by atoms with van der Waals surface area (Å²) in [4.78, 5) is 45.5. The van der Waals surface area contributed by atoms with Gasteiger partial charge in [0.15, 0.2) is 11.6 Å². The van der Waals surface area contributed by atoms with E-state index in [1.807, 2.05) is 41.3 Å². The number of rotatable bonds is 4. The van der Waals surface area contributed by atoms with Crippen molar-refractivity contribution in [3.05, 3.63) is 135 Å². The highest BCUT2D eigenvalue weighted by Gasteiger charge is 2.70. The second-order valence-corrected chi connectivity index (χ2v) is 11.8. The van der Waals surface area contributed by atoms with Crippen LogP contribution in [-0.4, -0.2) is 29.6 Å². The highest BCUT2D eigenvalue weighted by atomic mass is 79.9. The highest BCUT2D eigenvalue weighted by molar-refractivity contribution is 9.10. The van der Waals surface area contributed by atoms with E-state index in [1.165, 1.54) is 24.3 Å². The van der Waals surface area contributed by atoms with E-state index in [9.17, 15) is 18.8 Å². The smallest absolute Gasteiger partial charge is 0.238 e. The van der Waals surface area contributed by atoms with Crippen molar-refractivity contribution in [1.29, 1.82) is 0 Å². The van der Waals surface area contributed by atoms with Gasteiger partial charge >= 0.3 is 0 Å². The second kappa shape index (κ2) is 9.50. The number of fused-ring (bicyclic) bond motifs is 6. The summed E-state index contributed by atoms with van der Waals surface area (Å²) in [6.07, 6.45) is 3.78. The number of nitrogens with zero attached hydrogens (tertiary/aromatic N) is 1. The molecule has 4 aromatic rings. The molecule has 0 bridgehead atoms. The fourth-order valence-electron chi connectivity index (χ4n) is 6.73. The van der Waals surface area contributed by atoms with Crippen molar-refractivity contribution in [1.82, 2.24) is 0 Å². The number of hydrogen-bond donors (Lipinski definition) is 1. The summed E-state index contributed by atoms with van der Waals surface area (Å²) in [6.45, 7) is 0. The molecule has 7 rings (SSSR count). The molecule has 0 aliphatic carbocycles. The van der Waals surface area contributed by atoms with Crippen molar-refractivity contribution in [2.24, 2.45) is 5.92 Å². The average molecular weight is 628 g/mol. The quantitative estimate of drug-likeness (QED) is 0.245. The molecular weight excluding hydrogens is 607 g/mol. The molecule has 8 heteroatoms. The number of benzene rings is 4. The Morgan fingerprint density at radius 3 is 2.34 bits per heavy atom. The zero-order chi connectivity index (χ0) is 28.5. The van der Waals surface area contributed by atoms with Gasteiger partial charge in [-0.2, -0.15) is 0 Å². The van der Waals surface area contributed by atoms with Gasteiger partial charge in [0.1, 0.15) is 17.3 Å². The maximum atomic E-state index is 14.7. The van der Waals surface area contributed by atoms with Crippen molar-refractivity contribution in [2.75, 3.05) is 10.2 Å². The molecule has 5 nitrogen and oxygen atoms in total. The third-order valence-electron chi connectivity index (χ3n) is 8.40. The van der Waals surface area contributed by atoms with E-state index in [4.69, 9.17) is 11.6 Å². The Morgan fingerprint density at radius 1 is 0.902 bits per heavy atom. The number of para-hydroxylation sites is 1.